The van der Waals surface area contributed by atoms with Gasteiger partial charge in [0, 0.05) is 30.3 Å². The normalized spacial score (nSPS) is 13.6. The number of nitrogens with two attached hydrogens (primary N) is 1. The van der Waals surface area contributed by atoms with Crippen molar-refractivity contribution < 1.29 is 22.4 Å². The molecule has 4 aromatic rings. The fraction of sp³-hybridized carbons (Fsp3) is 0.200. The highest BCUT2D eigenvalue weighted by atomic mass is 19.4. The number of benzene rings is 3. The van der Waals surface area contributed by atoms with E-state index >= 15 is 0 Å². The molecule has 1 saturated carbocycles. The number of nitrogens with zero attached hydrogens (tertiary/aromatic N) is 4. The third kappa shape index (κ3) is 6.34. The van der Waals surface area contributed by atoms with Gasteiger partial charge in [-0.3, -0.25) is 9.79 Å². The fourth-order valence-corrected chi connectivity index (χ4v) is 4.25. The molecule has 0 atom stereocenters. The van der Waals surface area contributed by atoms with Crippen LogP contribution in [0.1, 0.15) is 51.3 Å². The Morgan fingerprint density at radius 1 is 1.07 bits per heavy atom. The Bertz CT molecular complexity index is 1680. The lowest BCUT2D eigenvalue weighted by Crippen LogP contribution is -2.18. The predicted octanol–water partition coefficient (Wildman–Crippen LogP) is 5.86. The van der Waals surface area contributed by atoms with E-state index in [-0.39, 0.29) is 17.9 Å². The van der Waals surface area contributed by atoms with Crippen LogP contribution >= 0.6 is 0 Å². The molecule has 7 nitrogen and oxygen atoms in total. The second kappa shape index (κ2) is 11.3. The van der Waals surface area contributed by atoms with Gasteiger partial charge < -0.3 is 11.1 Å². The molecule has 0 bridgehead atoms. The topological polar surface area (TPSA) is 109 Å². The molecule has 3 aromatic carbocycles. The Hall–Kier alpha value is -4.82. The lowest BCUT2D eigenvalue weighted by Gasteiger charge is -2.13. The third-order valence-electron chi connectivity index (χ3n) is 6.58. The quantitative estimate of drug-likeness (QED) is 0.208. The van der Waals surface area contributed by atoms with Crippen molar-refractivity contribution in [1.29, 1.82) is 5.26 Å². The van der Waals surface area contributed by atoms with Crippen LogP contribution in [0.15, 0.2) is 77.8 Å². The molecule has 1 aromatic heterocycles. The van der Waals surface area contributed by atoms with E-state index in [9.17, 15) is 27.6 Å². The summed E-state index contributed by atoms with van der Waals surface area (Å²) in [6, 6.07) is 19.8. The second-order valence-electron chi connectivity index (χ2n) is 9.67. The minimum atomic E-state index is -4.82. The Morgan fingerprint density at radius 2 is 1.83 bits per heavy atom. The van der Waals surface area contributed by atoms with Crippen molar-refractivity contribution in [2.45, 2.75) is 25.6 Å². The third-order valence-corrected chi connectivity index (χ3v) is 6.58. The highest BCUT2D eigenvalue weighted by Crippen LogP contribution is 2.31. The maximum Gasteiger partial charge on any atom is 0.435 e. The number of nitriles is 1. The molecule has 1 aliphatic rings. The van der Waals surface area contributed by atoms with E-state index in [1.165, 1.54) is 24.3 Å². The van der Waals surface area contributed by atoms with E-state index < -0.39 is 29.3 Å². The molecule has 1 heterocycles. The standard InChI is InChI=1S/C30H24F4N6O/c31-24-10-9-22(28(37-17-18-7-8-18)21-5-1-3-19(11-21)15-35)13-25(24)38-29(41)26-14-27(30(32,33)34)39-40(26)23-6-2-4-20(12-23)16-36/h1-6,9-14,18H,7-8,16-17,36H2,(H,38,41). The van der Waals surface area contributed by atoms with Gasteiger partial charge in [0.05, 0.1) is 28.7 Å². The van der Waals surface area contributed by atoms with Gasteiger partial charge in [-0.05, 0) is 66.8 Å². The fourth-order valence-electron chi connectivity index (χ4n) is 4.25. The lowest BCUT2D eigenvalue weighted by molar-refractivity contribution is -0.141. The summed E-state index contributed by atoms with van der Waals surface area (Å²) < 4.78 is 56.5. The number of aromatic nitrogens is 2. The molecule has 208 valence electrons. The molecule has 0 spiro atoms. The van der Waals surface area contributed by atoms with Gasteiger partial charge in [-0.25, -0.2) is 9.07 Å². The number of aliphatic imine (C=N–C) groups is 1. The van der Waals surface area contributed by atoms with Crippen molar-refractivity contribution in [3.63, 3.8) is 0 Å². The average Bonchev–Trinajstić information content (AvgIpc) is 3.68. The number of anilines is 1. The molecular weight excluding hydrogens is 536 g/mol. The van der Waals surface area contributed by atoms with Gasteiger partial charge in [-0.2, -0.15) is 23.5 Å². The molecule has 0 radical (unpaired) electrons. The van der Waals surface area contributed by atoms with Crippen LogP contribution in [0.25, 0.3) is 5.69 Å². The van der Waals surface area contributed by atoms with Crippen molar-refractivity contribution in [3.05, 3.63) is 112 Å². The van der Waals surface area contributed by atoms with Gasteiger partial charge in [0.25, 0.3) is 5.91 Å². The molecule has 5 rings (SSSR count). The summed E-state index contributed by atoms with van der Waals surface area (Å²) in [4.78, 5) is 18.0. The molecule has 0 unspecified atom stereocenters. The molecular formula is C30H24F4N6O. The van der Waals surface area contributed by atoms with Crippen molar-refractivity contribution >= 4 is 17.3 Å². The highest BCUT2D eigenvalue weighted by Gasteiger charge is 2.36. The Labute approximate surface area is 232 Å². The largest absolute Gasteiger partial charge is 0.435 e. The molecule has 1 fully saturated rings. The van der Waals surface area contributed by atoms with Crippen LogP contribution in [-0.4, -0.2) is 27.9 Å². The van der Waals surface area contributed by atoms with Crippen LogP contribution in [-0.2, 0) is 12.7 Å². The van der Waals surface area contributed by atoms with Crippen molar-refractivity contribution in [2.75, 3.05) is 11.9 Å². The van der Waals surface area contributed by atoms with Crippen LogP contribution in [0, 0.1) is 23.1 Å². The summed E-state index contributed by atoms with van der Waals surface area (Å²) in [5.74, 6) is -1.34. The van der Waals surface area contributed by atoms with E-state index in [4.69, 9.17) is 10.7 Å². The van der Waals surface area contributed by atoms with Crippen LogP contribution in [0.5, 0.6) is 0 Å². The van der Waals surface area contributed by atoms with Gasteiger partial charge >= 0.3 is 6.18 Å². The number of nitrogens with one attached hydrogen (secondary N) is 1. The summed E-state index contributed by atoms with van der Waals surface area (Å²) in [6.07, 6.45) is -2.70. The molecule has 11 heteroatoms. The molecule has 1 aliphatic carbocycles. The first-order chi connectivity index (χ1) is 19.7. The first kappa shape index (κ1) is 27.7. The lowest BCUT2D eigenvalue weighted by atomic mass is 9.99. The van der Waals surface area contributed by atoms with E-state index in [0.29, 0.717) is 46.5 Å². The van der Waals surface area contributed by atoms with E-state index in [0.717, 1.165) is 23.6 Å². The Balaban J connectivity index is 1.52. The number of carbonyl (C=O) groups is 1. The Morgan fingerprint density at radius 3 is 2.54 bits per heavy atom. The first-order valence-corrected chi connectivity index (χ1v) is 12.8. The number of carbonyl (C=O) groups excluding carboxylic acids is 1. The number of hydrogen-bond acceptors (Lipinski definition) is 5. The monoisotopic (exact) mass is 560 g/mol. The van der Waals surface area contributed by atoms with Crippen molar-refractivity contribution in [3.8, 4) is 11.8 Å². The SMILES string of the molecule is N#Cc1cccc(C(=NCC2CC2)c2ccc(F)c(NC(=O)c3cc(C(F)(F)F)nn3-c3cccc(CN)c3)c2)c1. The van der Waals surface area contributed by atoms with Crippen LogP contribution in [0.2, 0.25) is 0 Å². The van der Waals surface area contributed by atoms with Gasteiger partial charge in [-0.15, -0.1) is 0 Å². The number of hydrogen-bond donors (Lipinski definition) is 2. The van der Waals surface area contributed by atoms with Crippen molar-refractivity contribution in [1.82, 2.24) is 9.78 Å². The van der Waals surface area contributed by atoms with Gasteiger partial charge in [0.15, 0.2) is 5.69 Å². The molecule has 0 saturated heterocycles. The summed E-state index contributed by atoms with van der Waals surface area (Å²) in [5.41, 5.74) is 6.55. The Kier molecular flexibility index (Phi) is 7.68. The van der Waals surface area contributed by atoms with Crippen LogP contribution < -0.4 is 11.1 Å². The number of rotatable bonds is 8. The van der Waals surface area contributed by atoms with E-state index in [1.807, 2.05) is 0 Å². The van der Waals surface area contributed by atoms with E-state index in [1.54, 1.807) is 36.4 Å². The summed E-state index contributed by atoms with van der Waals surface area (Å²) in [5, 5.41) is 15.4. The summed E-state index contributed by atoms with van der Waals surface area (Å²) in [6.45, 7) is 0.676. The zero-order valence-corrected chi connectivity index (χ0v) is 21.6. The second-order valence-corrected chi connectivity index (χ2v) is 9.67. The van der Waals surface area contributed by atoms with Crippen molar-refractivity contribution in [2.24, 2.45) is 16.6 Å². The summed E-state index contributed by atoms with van der Waals surface area (Å²) >= 11 is 0. The average molecular weight is 561 g/mol. The van der Waals surface area contributed by atoms with Gasteiger partial charge in [0.1, 0.15) is 11.5 Å². The zero-order valence-electron chi connectivity index (χ0n) is 21.6. The van der Waals surface area contributed by atoms with Crippen LogP contribution in [0.4, 0.5) is 23.2 Å². The maximum absolute atomic E-state index is 15.0. The zero-order chi connectivity index (χ0) is 29.1. The van der Waals surface area contributed by atoms with Gasteiger partial charge in [-0.1, -0.05) is 24.3 Å². The van der Waals surface area contributed by atoms with E-state index in [2.05, 4.69) is 16.5 Å². The molecule has 41 heavy (non-hydrogen) atoms. The maximum atomic E-state index is 15.0. The van der Waals surface area contributed by atoms with Crippen LogP contribution in [0.3, 0.4) is 0 Å². The molecule has 0 aliphatic heterocycles. The highest BCUT2D eigenvalue weighted by molar-refractivity contribution is 6.14. The number of halogens is 4. The minimum absolute atomic E-state index is 0.128. The summed E-state index contributed by atoms with van der Waals surface area (Å²) in [7, 11) is 0. The number of amides is 1. The molecule has 1 amide bonds. The first-order valence-electron chi connectivity index (χ1n) is 12.8. The predicted molar refractivity (Wildman–Crippen MR) is 145 cm³/mol. The minimum Gasteiger partial charge on any atom is -0.326 e. The number of alkyl halides is 3. The molecule has 3 N–H and O–H groups in total. The van der Waals surface area contributed by atoms with Gasteiger partial charge in [0.2, 0.25) is 0 Å². The smallest absolute Gasteiger partial charge is 0.326 e.